The zero-order valence-corrected chi connectivity index (χ0v) is 18.8. The quantitative estimate of drug-likeness (QED) is 0.668. The number of aromatic nitrogens is 2. The highest BCUT2D eigenvalue weighted by Crippen LogP contribution is 2.30. The molecule has 30 heavy (non-hydrogen) atoms. The lowest BCUT2D eigenvalue weighted by Crippen LogP contribution is -2.45. The third-order valence-electron chi connectivity index (χ3n) is 5.48. The highest BCUT2D eigenvalue weighted by Gasteiger charge is 2.39. The first-order valence-electron chi connectivity index (χ1n) is 10.1. The van der Waals surface area contributed by atoms with Crippen molar-refractivity contribution in [2.75, 3.05) is 27.7 Å². The van der Waals surface area contributed by atoms with Crippen molar-refractivity contribution in [2.45, 2.75) is 58.8 Å². The molecule has 3 rings (SSSR count). The summed E-state index contributed by atoms with van der Waals surface area (Å²) in [7, 11) is 4.64. The van der Waals surface area contributed by atoms with Crippen molar-refractivity contribution in [2.24, 2.45) is 5.92 Å². The van der Waals surface area contributed by atoms with E-state index in [-0.39, 0.29) is 37.5 Å². The van der Waals surface area contributed by atoms with Gasteiger partial charge in [-0.3, -0.25) is 19.1 Å². The summed E-state index contributed by atoms with van der Waals surface area (Å²) < 4.78 is 7.16. The molecule has 0 unspecified atom stereocenters. The van der Waals surface area contributed by atoms with E-state index in [1.54, 1.807) is 23.7 Å². The molecule has 0 saturated heterocycles. The van der Waals surface area contributed by atoms with Crippen molar-refractivity contribution in [3.8, 4) is 0 Å². The van der Waals surface area contributed by atoms with Gasteiger partial charge < -0.3 is 14.5 Å². The lowest BCUT2D eigenvalue weighted by molar-refractivity contribution is -0.174. The fourth-order valence-electron chi connectivity index (χ4n) is 3.90. The monoisotopic (exact) mass is 421 g/mol. The van der Waals surface area contributed by atoms with Crippen LogP contribution >= 0.6 is 0 Å². The molecule has 3 amide bonds. The molecule has 1 aromatic heterocycles. The zero-order valence-electron chi connectivity index (χ0n) is 18.8. The second-order valence-electron chi connectivity index (χ2n) is 9.02. The summed E-state index contributed by atoms with van der Waals surface area (Å²) in [5.74, 6) is -0.911. The van der Waals surface area contributed by atoms with Crippen LogP contribution in [0.3, 0.4) is 0 Å². The maximum Gasteiger partial charge on any atom is 0.410 e. The molecule has 10 nitrogen and oxygen atoms in total. The third-order valence-corrected chi connectivity index (χ3v) is 5.48. The summed E-state index contributed by atoms with van der Waals surface area (Å²) in [5.41, 5.74) is 1.34. The van der Waals surface area contributed by atoms with Crippen LogP contribution in [-0.4, -0.2) is 81.9 Å². The van der Waals surface area contributed by atoms with Gasteiger partial charge in [0.15, 0.2) is 0 Å². The van der Waals surface area contributed by atoms with Crippen LogP contribution in [0.5, 0.6) is 0 Å². The second-order valence-corrected chi connectivity index (χ2v) is 9.02. The van der Waals surface area contributed by atoms with Crippen molar-refractivity contribution < 1.29 is 24.0 Å². The van der Waals surface area contributed by atoms with E-state index in [2.05, 4.69) is 5.10 Å². The van der Waals surface area contributed by atoms with Gasteiger partial charge in [0.2, 0.25) is 0 Å². The molecular weight excluding hydrogens is 390 g/mol. The summed E-state index contributed by atoms with van der Waals surface area (Å²) in [6.45, 7) is 8.18. The van der Waals surface area contributed by atoms with E-state index in [9.17, 15) is 14.4 Å². The van der Waals surface area contributed by atoms with Gasteiger partial charge in [0, 0.05) is 38.7 Å². The average molecular weight is 421 g/mol. The summed E-state index contributed by atoms with van der Waals surface area (Å²) in [4.78, 5) is 46.7. The lowest BCUT2D eigenvalue weighted by Gasteiger charge is -2.34. The van der Waals surface area contributed by atoms with Crippen LogP contribution in [0.4, 0.5) is 4.79 Å². The Hall–Kier alpha value is -2.62. The Balaban J connectivity index is 1.94. The Morgan fingerprint density at radius 1 is 1.23 bits per heavy atom. The van der Waals surface area contributed by atoms with Gasteiger partial charge in [-0.1, -0.05) is 0 Å². The highest BCUT2D eigenvalue weighted by atomic mass is 16.7. The SMILES string of the molecule is CON(C)C(=O)[C@H]1CN(C)C(=O)c2c3c(nn2C1)C[C@@H](C)N(C(=O)OC(C)(C)C)C3. The van der Waals surface area contributed by atoms with Crippen LogP contribution < -0.4 is 0 Å². The molecule has 10 heteroatoms. The Bertz CT molecular complexity index is 859. The van der Waals surface area contributed by atoms with Crippen LogP contribution in [0, 0.1) is 5.92 Å². The molecule has 0 bridgehead atoms. The molecule has 0 saturated carbocycles. The van der Waals surface area contributed by atoms with Crippen molar-refractivity contribution in [3.63, 3.8) is 0 Å². The van der Waals surface area contributed by atoms with E-state index in [1.165, 1.54) is 17.1 Å². The van der Waals surface area contributed by atoms with Crippen molar-refractivity contribution in [3.05, 3.63) is 17.0 Å². The molecule has 0 aromatic carbocycles. The van der Waals surface area contributed by atoms with Gasteiger partial charge in [0.05, 0.1) is 31.8 Å². The van der Waals surface area contributed by atoms with E-state index in [4.69, 9.17) is 9.57 Å². The number of fused-ring (bicyclic) bond motifs is 3. The number of hydrogen-bond acceptors (Lipinski definition) is 6. The lowest BCUT2D eigenvalue weighted by atomic mass is 9.99. The number of carbonyl (C=O) groups is 3. The van der Waals surface area contributed by atoms with Gasteiger partial charge in [-0.05, 0) is 27.7 Å². The molecular formula is C20H31N5O5. The van der Waals surface area contributed by atoms with E-state index in [0.29, 0.717) is 12.1 Å². The molecule has 0 fully saturated rings. The van der Waals surface area contributed by atoms with E-state index >= 15 is 0 Å². The standard InChI is InChI=1S/C20H31N5O5/c1-12-8-15-14(11-24(12)19(28)30-20(2,3)4)16-18(27)22(5)9-13(10-25(16)21-15)17(26)23(6)29-7/h12-13H,8-11H2,1-7H3/t12-,13+/m1/s1. The minimum Gasteiger partial charge on any atom is -0.444 e. The summed E-state index contributed by atoms with van der Waals surface area (Å²) in [5, 5.41) is 5.82. The zero-order chi connectivity index (χ0) is 22.4. The Morgan fingerprint density at radius 3 is 2.50 bits per heavy atom. The molecule has 2 aliphatic rings. The van der Waals surface area contributed by atoms with Crippen molar-refractivity contribution in [1.82, 2.24) is 24.6 Å². The maximum absolute atomic E-state index is 13.1. The average Bonchev–Trinajstić information content (AvgIpc) is 2.93. The predicted molar refractivity (Wildman–Crippen MR) is 107 cm³/mol. The maximum atomic E-state index is 13.1. The number of ether oxygens (including phenoxy) is 1. The van der Waals surface area contributed by atoms with Gasteiger partial charge in [0.25, 0.3) is 11.8 Å². The smallest absolute Gasteiger partial charge is 0.410 e. The van der Waals surface area contributed by atoms with Gasteiger partial charge in [-0.25, -0.2) is 9.86 Å². The molecule has 1 aromatic rings. The Morgan fingerprint density at radius 2 is 1.90 bits per heavy atom. The molecule has 0 spiro atoms. The summed E-state index contributed by atoms with van der Waals surface area (Å²) in [6.07, 6.45) is 0.104. The molecule has 3 heterocycles. The normalized spacial score (nSPS) is 21.6. The van der Waals surface area contributed by atoms with Crippen LogP contribution in [0.25, 0.3) is 0 Å². The number of rotatable bonds is 2. The molecule has 2 aliphatic heterocycles. The summed E-state index contributed by atoms with van der Waals surface area (Å²) in [6, 6.07) is -0.114. The van der Waals surface area contributed by atoms with Crippen LogP contribution in [0.1, 0.15) is 49.4 Å². The first-order chi connectivity index (χ1) is 13.9. The Labute approximate surface area is 176 Å². The fourth-order valence-corrected chi connectivity index (χ4v) is 3.90. The van der Waals surface area contributed by atoms with E-state index in [1.807, 2.05) is 27.7 Å². The minimum absolute atomic E-state index is 0.114. The highest BCUT2D eigenvalue weighted by molar-refractivity contribution is 5.95. The van der Waals surface area contributed by atoms with Gasteiger partial charge in [0.1, 0.15) is 11.3 Å². The Kier molecular flexibility index (Phi) is 5.81. The first kappa shape index (κ1) is 22.1. The van der Waals surface area contributed by atoms with Crippen LogP contribution in [-0.2, 0) is 33.9 Å². The number of hydroxylamine groups is 2. The third kappa shape index (κ3) is 4.14. The molecule has 0 N–H and O–H groups in total. The molecule has 0 radical (unpaired) electrons. The summed E-state index contributed by atoms with van der Waals surface area (Å²) >= 11 is 0. The molecule has 166 valence electrons. The fraction of sp³-hybridized carbons (Fsp3) is 0.700. The largest absolute Gasteiger partial charge is 0.444 e. The number of amides is 3. The molecule has 2 atom stereocenters. The van der Waals surface area contributed by atoms with E-state index < -0.39 is 17.6 Å². The number of carbonyl (C=O) groups excluding carboxylic acids is 3. The van der Waals surface area contributed by atoms with Gasteiger partial charge in [-0.2, -0.15) is 5.10 Å². The van der Waals surface area contributed by atoms with Crippen molar-refractivity contribution >= 4 is 17.9 Å². The topological polar surface area (TPSA) is 97.2 Å². The molecule has 0 aliphatic carbocycles. The first-order valence-corrected chi connectivity index (χ1v) is 10.1. The van der Waals surface area contributed by atoms with Crippen LogP contribution in [0.15, 0.2) is 0 Å². The second kappa shape index (κ2) is 7.90. The minimum atomic E-state index is -0.607. The van der Waals surface area contributed by atoms with E-state index in [0.717, 1.165) is 11.3 Å². The predicted octanol–water partition coefficient (Wildman–Crippen LogP) is 1.29. The number of hydrogen-bond donors (Lipinski definition) is 0. The van der Waals surface area contributed by atoms with Crippen LogP contribution in [0.2, 0.25) is 0 Å². The van der Waals surface area contributed by atoms with Crippen molar-refractivity contribution in [1.29, 1.82) is 0 Å². The van der Waals surface area contributed by atoms with Gasteiger partial charge in [-0.15, -0.1) is 0 Å². The number of nitrogens with zero attached hydrogens (tertiary/aromatic N) is 5. The van der Waals surface area contributed by atoms with Gasteiger partial charge >= 0.3 is 6.09 Å².